The first-order valence-corrected chi connectivity index (χ1v) is 5.48. The zero-order chi connectivity index (χ0) is 11.3. The molecule has 0 radical (unpaired) electrons. The van der Waals surface area contributed by atoms with E-state index in [1.165, 1.54) is 11.3 Å². The summed E-state index contributed by atoms with van der Waals surface area (Å²) < 4.78 is 0. The molecule has 1 heteroatoms. The minimum absolute atomic E-state index is 0.655. The molecule has 0 aliphatic heterocycles. The summed E-state index contributed by atoms with van der Waals surface area (Å²) in [6, 6.07) is 10.6. The minimum atomic E-state index is 0.655. The maximum absolute atomic E-state index is 4.06. The average Bonchev–Trinajstić information content (AvgIpc) is 2.18. The molecule has 0 aliphatic carbocycles. The fourth-order valence-corrected chi connectivity index (χ4v) is 1.67. The first-order valence-electron chi connectivity index (χ1n) is 5.48. The van der Waals surface area contributed by atoms with E-state index in [1.807, 2.05) is 0 Å². The summed E-state index contributed by atoms with van der Waals surface area (Å²) in [4.78, 5) is 2.10. The van der Waals surface area contributed by atoms with Gasteiger partial charge >= 0.3 is 0 Å². The monoisotopic (exact) mass is 203 g/mol. The van der Waals surface area contributed by atoms with E-state index in [4.69, 9.17) is 0 Å². The van der Waals surface area contributed by atoms with Crippen LogP contribution in [0.3, 0.4) is 0 Å². The topological polar surface area (TPSA) is 3.24 Å². The van der Waals surface area contributed by atoms with Gasteiger partial charge < -0.3 is 4.90 Å². The Hall–Kier alpha value is -1.24. The van der Waals surface area contributed by atoms with Gasteiger partial charge in [-0.25, -0.2) is 0 Å². The van der Waals surface area contributed by atoms with E-state index in [2.05, 4.69) is 62.8 Å². The van der Waals surface area contributed by atoms with Crippen LogP contribution in [0, 0.1) is 5.92 Å². The molecular formula is C14H21N. The highest BCUT2D eigenvalue weighted by atomic mass is 15.1. The average molecular weight is 203 g/mol. The molecule has 1 atom stereocenters. The summed E-state index contributed by atoms with van der Waals surface area (Å²) in [5.41, 5.74) is 2.62. The molecule has 1 nitrogen and oxygen atoms in total. The summed E-state index contributed by atoms with van der Waals surface area (Å²) in [6.07, 6.45) is 2.20. The molecule has 0 aliphatic rings. The van der Waals surface area contributed by atoms with Crippen LogP contribution in [-0.4, -0.2) is 19.0 Å². The van der Waals surface area contributed by atoms with Crippen molar-refractivity contribution in [2.45, 2.75) is 19.8 Å². The van der Waals surface area contributed by atoms with E-state index >= 15 is 0 Å². The van der Waals surface area contributed by atoms with Crippen molar-refractivity contribution in [3.8, 4) is 0 Å². The van der Waals surface area contributed by atoms with Gasteiger partial charge in [0.15, 0.2) is 0 Å². The molecule has 1 rings (SSSR count). The molecule has 1 aromatic carbocycles. The molecule has 0 spiro atoms. The van der Waals surface area contributed by atoms with E-state index in [-0.39, 0.29) is 0 Å². The van der Waals surface area contributed by atoms with Crippen molar-refractivity contribution in [3.63, 3.8) is 0 Å². The summed E-state index contributed by atoms with van der Waals surface area (Å²) >= 11 is 0. The Morgan fingerprint density at radius 3 is 2.40 bits per heavy atom. The molecule has 0 amide bonds. The Balaban J connectivity index is 2.43. The third kappa shape index (κ3) is 4.20. The van der Waals surface area contributed by atoms with Crippen molar-refractivity contribution in [2.24, 2.45) is 5.92 Å². The summed E-state index contributed by atoms with van der Waals surface area (Å²) in [7, 11) is 4.11. The number of hydrogen-bond donors (Lipinski definition) is 0. The van der Waals surface area contributed by atoms with Crippen LogP contribution in [0.15, 0.2) is 42.6 Å². The van der Waals surface area contributed by atoms with Crippen molar-refractivity contribution < 1.29 is 0 Å². The molecule has 0 saturated carbocycles. The van der Waals surface area contributed by atoms with Crippen molar-refractivity contribution >= 4 is 0 Å². The van der Waals surface area contributed by atoms with Crippen LogP contribution in [0.1, 0.15) is 18.9 Å². The highest BCUT2D eigenvalue weighted by molar-refractivity contribution is 5.15. The van der Waals surface area contributed by atoms with Crippen LogP contribution in [0.2, 0.25) is 0 Å². The quantitative estimate of drug-likeness (QED) is 0.709. The first-order chi connectivity index (χ1) is 7.09. The molecule has 1 aromatic rings. The smallest absolute Gasteiger partial charge is 0.00579 e. The number of benzene rings is 1. The van der Waals surface area contributed by atoms with Gasteiger partial charge in [-0.05, 0) is 24.3 Å². The Labute approximate surface area is 93.4 Å². The molecule has 0 bridgehead atoms. The van der Waals surface area contributed by atoms with Gasteiger partial charge in [-0.1, -0.05) is 43.8 Å². The fourth-order valence-electron chi connectivity index (χ4n) is 1.67. The second-order valence-electron chi connectivity index (χ2n) is 4.46. The van der Waals surface area contributed by atoms with Crippen LogP contribution < -0.4 is 0 Å². The van der Waals surface area contributed by atoms with Gasteiger partial charge in [-0.3, -0.25) is 0 Å². The van der Waals surface area contributed by atoms with Crippen LogP contribution >= 0.6 is 0 Å². The lowest BCUT2D eigenvalue weighted by molar-refractivity contribution is 0.440. The van der Waals surface area contributed by atoms with E-state index in [0.717, 1.165) is 12.8 Å². The van der Waals surface area contributed by atoms with E-state index < -0.39 is 0 Å². The van der Waals surface area contributed by atoms with Gasteiger partial charge in [0.2, 0.25) is 0 Å². The SMILES string of the molecule is C=C(C[C@@H](C)Cc1ccccc1)N(C)C. The van der Waals surface area contributed by atoms with E-state index in [0.29, 0.717) is 5.92 Å². The third-order valence-electron chi connectivity index (χ3n) is 2.64. The first kappa shape index (κ1) is 11.8. The van der Waals surface area contributed by atoms with Crippen LogP contribution in [0.5, 0.6) is 0 Å². The number of rotatable bonds is 5. The highest BCUT2D eigenvalue weighted by Crippen LogP contribution is 2.16. The maximum atomic E-state index is 4.06. The molecule has 15 heavy (non-hydrogen) atoms. The maximum Gasteiger partial charge on any atom is 0.00579 e. The molecule has 82 valence electrons. The predicted octanol–water partition coefficient (Wildman–Crippen LogP) is 3.33. The molecule has 0 fully saturated rings. The molecule has 0 aromatic heterocycles. The second kappa shape index (κ2) is 5.59. The van der Waals surface area contributed by atoms with Crippen LogP contribution in [0.25, 0.3) is 0 Å². The molecule has 0 N–H and O–H groups in total. The van der Waals surface area contributed by atoms with Gasteiger partial charge in [0.05, 0.1) is 0 Å². The van der Waals surface area contributed by atoms with Crippen molar-refractivity contribution in [2.75, 3.05) is 14.1 Å². The molecule has 0 unspecified atom stereocenters. The summed E-state index contributed by atoms with van der Waals surface area (Å²) in [5.74, 6) is 0.655. The van der Waals surface area contributed by atoms with Gasteiger partial charge in [-0.2, -0.15) is 0 Å². The Morgan fingerprint density at radius 2 is 1.87 bits per heavy atom. The Kier molecular flexibility index (Phi) is 4.41. The lowest BCUT2D eigenvalue weighted by Crippen LogP contribution is -2.13. The van der Waals surface area contributed by atoms with E-state index in [9.17, 15) is 0 Å². The minimum Gasteiger partial charge on any atom is -0.381 e. The van der Waals surface area contributed by atoms with Gasteiger partial charge in [0.25, 0.3) is 0 Å². The zero-order valence-electron chi connectivity index (χ0n) is 10.0. The highest BCUT2D eigenvalue weighted by Gasteiger charge is 2.06. The fraction of sp³-hybridized carbons (Fsp3) is 0.429. The summed E-state index contributed by atoms with van der Waals surface area (Å²) in [6.45, 7) is 6.34. The molecular weight excluding hydrogens is 182 g/mol. The van der Waals surface area contributed by atoms with Gasteiger partial charge in [-0.15, -0.1) is 0 Å². The summed E-state index contributed by atoms with van der Waals surface area (Å²) in [5, 5.41) is 0. The molecule has 0 heterocycles. The van der Waals surface area contributed by atoms with Crippen molar-refractivity contribution in [1.82, 2.24) is 4.90 Å². The second-order valence-corrected chi connectivity index (χ2v) is 4.46. The van der Waals surface area contributed by atoms with Crippen molar-refractivity contribution in [3.05, 3.63) is 48.2 Å². The van der Waals surface area contributed by atoms with E-state index in [1.54, 1.807) is 0 Å². The number of nitrogens with zero attached hydrogens (tertiary/aromatic N) is 1. The van der Waals surface area contributed by atoms with Crippen LogP contribution in [0.4, 0.5) is 0 Å². The number of hydrogen-bond acceptors (Lipinski definition) is 1. The number of allylic oxidation sites excluding steroid dienone is 1. The largest absolute Gasteiger partial charge is 0.381 e. The Bertz CT molecular complexity index is 300. The standard InChI is InChI=1S/C14H21N/c1-12(10-13(2)15(3)4)11-14-8-6-5-7-9-14/h5-9,12H,2,10-11H2,1,3-4H3/t12-/m1/s1. The van der Waals surface area contributed by atoms with Gasteiger partial charge in [0, 0.05) is 19.8 Å². The predicted molar refractivity (Wildman–Crippen MR) is 66.8 cm³/mol. The normalized spacial score (nSPS) is 12.2. The molecule has 0 saturated heterocycles. The van der Waals surface area contributed by atoms with Crippen LogP contribution in [-0.2, 0) is 6.42 Å². The van der Waals surface area contributed by atoms with Gasteiger partial charge in [0.1, 0.15) is 0 Å². The lowest BCUT2D eigenvalue weighted by Gasteiger charge is -2.19. The lowest BCUT2D eigenvalue weighted by atomic mass is 9.97. The zero-order valence-corrected chi connectivity index (χ0v) is 10.0. The Morgan fingerprint density at radius 1 is 1.27 bits per heavy atom. The third-order valence-corrected chi connectivity index (χ3v) is 2.64. The van der Waals surface area contributed by atoms with Crippen molar-refractivity contribution in [1.29, 1.82) is 0 Å².